The molecule has 1 fully saturated rings. The Labute approximate surface area is 119 Å². The molecule has 2 atom stereocenters. The van der Waals surface area contributed by atoms with Crippen LogP contribution in [0.1, 0.15) is 25.3 Å². The van der Waals surface area contributed by atoms with Crippen LogP contribution in [0.15, 0.2) is 30.3 Å². The van der Waals surface area contributed by atoms with Gasteiger partial charge in [0.15, 0.2) is 5.78 Å². The first-order valence-corrected chi connectivity index (χ1v) is 7.09. The molecule has 0 radical (unpaired) electrons. The third-order valence-electron chi connectivity index (χ3n) is 3.71. The quantitative estimate of drug-likeness (QED) is 0.827. The van der Waals surface area contributed by atoms with Gasteiger partial charge in [-0.2, -0.15) is 0 Å². The van der Waals surface area contributed by atoms with Crippen molar-refractivity contribution in [3.05, 3.63) is 35.9 Å². The first-order chi connectivity index (χ1) is 9.66. The highest BCUT2D eigenvalue weighted by Gasteiger charge is 2.27. The second kappa shape index (κ2) is 7.20. The lowest BCUT2D eigenvalue weighted by atomic mass is 9.92. The molecule has 4 nitrogen and oxygen atoms in total. The third kappa shape index (κ3) is 4.17. The lowest BCUT2D eigenvalue weighted by Crippen LogP contribution is -2.24. The molecule has 1 N–H and O–H groups in total. The summed E-state index contributed by atoms with van der Waals surface area (Å²) in [5, 5.41) is 2.80. The standard InChI is InChI=1S/C16H21NO3/c1-12(9-14-7-8-17-16(14)19)15(18)11-20-10-13-5-3-2-4-6-13/h2-6,12,14H,7-11H2,1H3,(H,17,19)/t12-,14-/m0/s1. The predicted octanol–water partition coefficient (Wildman–Crippen LogP) is 1.93. The zero-order valence-corrected chi connectivity index (χ0v) is 11.8. The number of rotatable bonds is 7. The maximum atomic E-state index is 12.0. The molecule has 1 aromatic carbocycles. The van der Waals surface area contributed by atoms with Crippen LogP contribution >= 0.6 is 0 Å². The van der Waals surface area contributed by atoms with Crippen molar-refractivity contribution in [1.29, 1.82) is 0 Å². The fourth-order valence-electron chi connectivity index (χ4n) is 2.41. The number of ketones is 1. The van der Waals surface area contributed by atoms with Crippen LogP contribution in [0.25, 0.3) is 0 Å². The summed E-state index contributed by atoms with van der Waals surface area (Å²) in [6, 6.07) is 9.78. The summed E-state index contributed by atoms with van der Waals surface area (Å²) in [5.41, 5.74) is 1.06. The Morgan fingerprint density at radius 1 is 1.40 bits per heavy atom. The van der Waals surface area contributed by atoms with Gasteiger partial charge in [0.05, 0.1) is 6.61 Å². The van der Waals surface area contributed by atoms with Crippen molar-refractivity contribution in [2.45, 2.75) is 26.4 Å². The normalized spacial score (nSPS) is 19.6. The predicted molar refractivity (Wildman–Crippen MR) is 76.0 cm³/mol. The van der Waals surface area contributed by atoms with Gasteiger partial charge in [-0.25, -0.2) is 0 Å². The fourth-order valence-corrected chi connectivity index (χ4v) is 2.41. The molecular weight excluding hydrogens is 254 g/mol. The average Bonchev–Trinajstić information content (AvgIpc) is 2.85. The highest BCUT2D eigenvalue weighted by atomic mass is 16.5. The molecule has 1 aromatic rings. The lowest BCUT2D eigenvalue weighted by Gasteiger charge is -2.13. The van der Waals surface area contributed by atoms with Gasteiger partial charge in [0.2, 0.25) is 5.91 Å². The first kappa shape index (κ1) is 14.7. The Hall–Kier alpha value is -1.68. The number of carbonyl (C=O) groups is 2. The number of amides is 1. The van der Waals surface area contributed by atoms with Gasteiger partial charge in [0.25, 0.3) is 0 Å². The van der Waals surface area contributed by atoms with E-state index in [1.54, 1.807) is 0 Å². The molecule has 0 unspecified atom stereocenters. The Morgan fingerprint density at radius 3 is 2.80 bits per heavy atom. The van der Waals surface area contributed by atoms with Crippen molar-refractivity contribution in [3.8, 4) is 0 Å². The van der Waals surface area contributed by atoms with Crippen LogP contribution < -0.4 is 5.32 Å². The summed E-state index contributed by atoms with van der Waals surface area (Å²) in [5.74, 6) is 0.0122. The monoisotopic (exact) mass is 275 g/mol. The lowest BCUT2D eigenvalue weighted by molar-refractivity contribution is -0.128. The highest BCUT2D eigenvalue weighted by molar-refractivity contribution is 5.84. The zero-order chi connectivity index (χ0) is 14.4. The Bertz CT molecular complexity index is 458. The van der Waals surface area contributed by atoms with E-state index >= 15 is 0 Å². The van der Waals surface area contributed by atoms with Crippen molar-refractivity contribution < 1.29 is 14.3 Å². The molecule has 0 saturated carbocycles. The van der Waals surface area contributed by atoms with Crippen LogP contribution in [0.2, 0.25) is 0 Å². The first-order valence-electron chi connectivity index (χ1n) is 7.09. The van der Waals surface area contributed by atoms with E-state index in [0.29, 0.717) is 13.0 Å². The summed E-state index contributed by atoms with van der Waals surface area (Å²) in [4.78, 5) is 23.4. The third-order valence-corrected chi connectivity index (χ3v) is 3.71. The number of benzene rings is 1. The number of Topliss-reactive ketones (excluding diaryl/α,β-unsaturated/α-hetero) is 1. The van der Waals surface area contributed by atoms with Gasteiger partial charge in [0.1, 0.15) is 6.61 Å². The number of ether oxygens (including phenoxy) is 1. The zero-order valence-electron chi connectivity index (χ0n) is 11.8. The Morgan fingerprint density at radius 2 is 2.15 bits per heavy atom. The molecule has 4 heteroatoms. The van der Waals surface area contributed by atoms with Gasteiger partial charge in [-0.1, -0.05) is 37.3 Å². The van der Waals surface area contributed by atoms with Crippen molar-refractivity contribution in [1.82, 2.24) is 5.32 Å². The molecule has 20 heavy (non-hydrogen) atoms. The molecule has 0 aromatic heterocycles. The maximum Gasteiger partial charge on any atom is 0.223 e. The van der Waals surface area contributed by atoms with Crippen molar-refractivity contribution in [3.63, 3.8) is 0 Å². The second-order valence-corrected chi connectivity index (χ2v) is 5.36. The molecular formula is C16H21NO3. The van der Waals surface area contributed by atoms with Gasteiger partial charge < -0.3 is 10.1 Å². The number of nitrogens with one attached hydrogen (secondary N) is 1. The van der Waals surface area contributed by atoms with Gasteiger partial charge in [-0.05, 0) is 18.4 Å². The summed E-state index contributed by atoms with van der Waals surface area (Å²) >= 11 is 0. The second-order valence-electron chi connectivity index (χ2n) is 5.36. The van der Waals surface area contributed by atoms with Crippen LogP contribution in [0, 0.1) is 11.8 Å². The molecule has 108 valence electrons. The summed E-state index contributed by atoms with van der Waals surface area (Å²) in [7, 11) is 0. The highest BCUT2D eigenvalue weighted by Crippen LogP contribution is 2.20. The number of carbonyl (C=O) groups excluding carboxylic acids is 2. The van der Waals surface area contributed by atoms with Gasteiger partial charge >= 0.3 is 0 Å². The molecule has 2 rings (SSSR count). The summed E-state index contributed by atoms with van der Waals surface area (Å²) in [6.45, 7) is 3.17. The molecule has 1 aliphatic rings. The van der Waals surface area contributed by atoms with E-state index in [-0.39, 0.29) is 30.1 Å². The van der Waals surface area contributed by atoms with E-state index in [0.717, 1.165) is 18.5 Å². The number of hydrogen-bond donors (Lipinski definition) is 1. The summed E-state index contributed by atoms with van der Waals surface area (Å²) < 4.78 is 5.44. The minimum Gasteiger partial charge on any atom is -0.369 e. The Kier molecular flexibility index (Phi) is 5.30. The molecule has 0 bridgehead atoms. The van der Waals surface area contributed by atoms with Crippen molar-refractivity contribution >= 4 is 11.7 Å². The van der Waals surface area contributed by atoms with Crippen LogP contribution in [0.5, 0.6) is 0 Å². The molecule has 1 saturated heterocycles. The van der Waals surface area contributed by atoms with Gasteiger partial charge in [-0.15, -0.1) is 0 Å². The fraction of sp³-hybridized carbons (Fsp3) is 0.500. The molecule has 0 aliphatic carbocycles. The summed E-state index contributed by atoms with van der Waals surface area (Å²) in [6.07, 6.45) is 1.46. The van der Waals surface area contributed by atoms with E-state index in [4.69, 9.17) is 4.74 Å². The van der Waals surface area contributed by atoms with Crippen molar-refractivity contribution in [2.75, 3.05) is 13.2 Å². The minimum absolute atomic E-state index is 0.0110. The van der Waals surface area contributed by atoms with Crippen molar-refractivity contribution in [2.24, 2.45) is 11.8 Å². The largest absolute Gasteiger partial charge is 0.369 e. The van der Waals surface area contributed by atoms with E-state index in [1.807, 2.05) is 37.3 Å². The van der Waals surface area contributed by atoms with Crippen LogP contribution in [0.3, 0.4) is 0 Å². The Balaban J connectivity index is 1.70. The van der Waals surface area contributed by atoms with Gasteiger partial charge in [-0.3, -0.25) is 9.59 Å². The number of hydrogen-bond acceptors (Lipinski definition) is 3. The molecule has 1 aliphatic heterocycles. The molecule has 1 heterocycles. The van der Waals surface area contributed by atoms with Crippen LogP contribution in [-0.2, 0) is 20.9 Å². The topological polar surface area (TPSA) is 55.4 Å². The molecule has 1 amide bonds. The smallest absolute Gasteiger partial charge is 0.223 e. The maximum absolute atomic E-state index is 12.0. The molecule has 0 spiro atoms. The van der Waals surface area contributed by atoms with Gasteiger partial charge in [0, 0.05) is 18.4 Å². The van der Waals surface area contributed by atoms with Crippen LogP contribution in [-0.4, -0.2) is 24.8 Å². The minimum atomic E-state index is -0.125. The average molecular weight is 275 g/mol. The SMILES string of the molecule is C[C@@H](C[C@@H]1CCNC1=O)C(=O)COCc1ccccc1. The van der Waals surface area contributed by atoms with Crippen LogP contribution in [0.4, 0.5) is 0 Å². The van der Waals surface area contributed by atoms with E-state index in [2.05, 4.69) is 5.32 Å². The van der Waals surface area contributed by atoms with E-state index in [1.165, 1.54) is 0 Å². The van der Waals surface area contributed by atoms with E-state index < -0.39 is 0 Å². The van der Waals surface area contributed by atoms with E-state index in [9.17, 15) is 9.59 Å².